The molecule has 5 rings (SSSR count). The number of aromatic amines is 1. The normalized spacial score (nSPS) is 16.0. The molecule has 3 aromatic rings. The van der Waals surface area contributed by atoms with Gasteiger partial charge in [-0.3, -0.25) is 9.89 Å². The van der Waals surface area contributed by atoms with Crippen LogP contribution in [0.1, 0.15) is 16.8 Å². The van der Waals surface area contributed by atoms with Gasteiger partial charge in [-0.25, -0.2) is 4.79 Å². The van der Waals surface area contributed by atoms with E-state index in [2.05, 4.69) is 11.1 Å². The quantitative estimate of drug-likeness (QED) is 0.789. The van der Waals surface area contributed by atoms with E-state index in [9.17, 15) is 4.79 Å². The molecule has 0 bridgehead atoms. The maximum atomic E-state index is 11.9. The summed E-state index contributed by atoms with van der Waals surface area (Å²) >= 11 is 0. The zero-order valence-corrected chi connectivity index (χ0v) is 14.3. The molecular formula is C20H17N3O3. The minimum absolute atomic E-state index is 0.292. The molecule has 1 amide bonds. The first kappa shape index (κ1) is 15.0. The van der Waals surface area contributed by atoms with Gasteiger partial charge in [0.25, 0.3) is 0 Å². The summed E-state index contributed by atoms with van der Waals surface area (Å²) in [5, 5.41) is 1.08. The second-order valence-electron chi connectivity index (χ2n) is 6.41. The van der Waals surface area contributed by atoms with Gasteiger partial charge in [-0.1, -0.05) is 6.07 Å². The monoisotopic (exact) mass is 347 g/mol. The molecular weight excluding hydrogens is 330 g/mol. The van der Waals surface area contributed by atoms with Gasteiger partial charge in [0.15, 0.2) is 0 Å². The second-order valence-corrected chi connectivity index (χ2v) is 6.41. The van der Waals surface area contributed by atoms with Gasteiger partial charge in [-0.2, -0.15) is 0 Å². The Hall–Kier alpha value is -3.28. The van der Waals surface area contributed by atoms with Gasteiger partial charge in [-0.15, -0.1) is 0 Å². The summed E-state index contributed by atoms with van der Waals surface area (Å²) in [5.74, 6) is 0.826. The first-order chi connectivity index (χ1) is 12.7. The van der Waals surface area contributed by atoms with Crippen molar-refractivity contribution in [3.8, 4) is 5.75 Å². The number of benzene rings is 2. The van der Waals surface area contributed by atoms with Crippen molar-refractivity contribution in [2.75, 3.05) is 25.2 Å². The number of nitrogens with one attached hydrogen (secondary N) is 1. The van der Waals surface area contributed by atoms with Gasteiger partial charge in [0.2, 0.25) is 0 Å². The van der Waals surface area contributed by atoms with Crippen molar-refractivity contribution < 1.29 is 14.3 Å². The van der Waals surface area contributed by atoms with Crippen LogP contribution in [0.25, 0.3) is 10.9 Å². The number of nitrogens with zero attached hydrogens (tertiary/aromatic N) is 2. The van der Waals surface area contributed by atoms with Crippen LogP contribution in [0.5, 0.6) is 5.75 Å². The van der Waals surface area contributed by atoms with Crippen LogP contribution in [0.4, 0.5) is 10.5 Å². The predicted molar refractivity (Wildman–Crippen MR) is 99.3 cm³/mol. The highest BCUT2D eigenvalue weighted by atomic mass is 16.6. The van der Waals surface area contributed by atoms with E-state index in [1.165, 1.54) is 0 Å². The number of hydrogen-bond acceptors (Lipinski definition) is 4. The van der Waals surface area contributed by atoms with Crippen LogP contribution in [-0.4, -0.2) is 37.1 Å². The molecule has 3 heterocycles. The lowest BCUT2D eigenvalue weighted by molar-refractivity contribution is 0.181. The molecule has 0 spiro atoms. The van der Waals surface area contributed by atoms with Gasteiger partial charge in [-0.05, 0) is 42.0 Å². The number of rotatable bonds is 3. The van der Waals surface area contributed by atoms with Crippen LogP contribution in [0, 0.1) is 0 Å². The van der Waals surface area contributed by atoms with E-state index in [1.807, 2.05) is 36.4 Å². The van der Waals surface area contributed by atoms with Crippen molar-refractivity contribution in [2.45, 2.75) is 6.54 Å². The molecule has 1 aromatic heterocycles. The van der Waals surface area contributed by atoms with Crippen molar-refractivity contribution in [1.29, 1.82) is 0 Å². The topological polar surface area (TPSA) is 66.9 Å². The smallest absolute Gasteiger partial charge is 0.414 e. The molecule has 2 aliphatic heterocycles. The first-order valence-corrected chi connectivity index (χ1v) is 8.52. The van der Waals surface area contributed by atoms with Crippen molar-refractivity contribution in [3.63, 3.8) is 0 Å². The van der Waals surface area contributed by atoms with Crippen LogP contribution < -0.4 is 9.64 Å². The van der Waals surface area contributed by atoms with Crippen molar-refractivity contribution in [2.24, 2.45) is 4.99 Å². The Balaban J connectivity index is 1.56. The van der Waals surface area contributed by atoms with E-state index in [0.29, 0.717) is 19.7 Å². The number of H-pyrrole nitrogens is 1. The molecule has 130 valence electrons. The molecule has 0 aliphatic carbocycles. The third-order valence-corrected chi connectivity index (χ3v) is 4.91. The van der Waals surface area contributed by atoms with Crippen LogP contribution in [0.2, 0.25) is 0 Å². The summed E-state index contributed by atoms with van der Waals surface area (Å²) in [6.07, 6.45) is -0.292. The van der Waals surface area contributed by atoms with Gasteiger partial charge in [0.05, 0.1) is 31.6 Å². The maximum Gasteiger partial charge on any atom is 0.414 e. The van der Waals surface area contributed by atoms with Crippen molar-refractivity contribution >= 4 is 28.4 Å². The Morgan fingerprint density at radius 2 is 2.12 bits per heavy atom. The number of carbonyl (C=O) groups is 1. The van der Waals surface area contributed by atoms with Gasteiger partial charge >= 0.3 is 6.09 Å². The third-order valence-electron chi connectivity index (χ3n) is 4.91. The number of fused-ring (bicyclic) bond motifs is 2. The molecule has 1 N–H and O–H groups in total. The van der Waals surface area contributed by atoms with E-state index < -0.39 is 0 Å². The number of amides is 1. The van der Waals surface area contributed by atoms with Crippen LogP contribution in [0.3, 0.4) is 0 Å². The molecule has 26 heavy (non-hydrogen) atoms. The highest BCUT2D eigenvalue weighted by Gasteiger charge is 2.26. The molecule has 2 aliphatic rings. The zero-order chi connectivity index (χ0) is 17.7. The summed E-state index contributed by atoms with van der Waals surface area (Å²) in [5.41, 5.74) is 5.99. The molecule has 0 saturated carbocycles. The van der Waals surface area contributed by atoms with Crippen LogP contribution in [-0.2, 0) is 11.3 Å². The Morgan fingerprint density at radius 3 is 2.92 bits per heavy atom. The standard InChI is InChI=1S/C20H17N3O3/c1-25-15-4-5-17-13(8-15)9-18(22-17)19-16-10-14(3-2-12(16)11-21-19)23-6-7-26-20(23)24/h2-5,8-10,22H,6-7,11H2,1H3. The number of carbonyl (C=O) groups excluding carboxylic acids is 1. The minimum Gasteiger partial charge on any atom is -0.497 e. The number of hydrogen-bond donors (Lipinski definition) is 1. The Bertz CT molecular complexity index is 1070. The SMILES string of the molecule is COc1ccc2[nH]c(C3=NCc4ccc(N5CCOC5=O)cc43)cc2c1. The van der Waals surface area contributed by atoms with E-state index in [4.69, 9.17) is 14.5 Å². The fourth-order valence-electron chi connectivity index (χ4n) is 3.56. The lowest BCUT2D eigenvalue weighted by Gasteiger charge is -2.14. The van der Waals surface area contributed by atoms with Crippen molar-refractivity contribution in [3.05, 3.63) is 59.3 Å². The number of anilines is 1. The second kappa shape index (κ2) is 5.62. The molecule has 0 atom stereocenters. The molecule has 6 heteroatoms. The Kier molecular flexibility index (Phi) is 3.25. The van der Waals surface area contributed by atoms with Gasteiger partial charge < -0.3 is 14.5 Å². The van der Waals surface area contributed by atoms with E-state index in [1.54, 1.807) is 12.0 Å². The lowest BCUT2D eigenvalue weighted by Crippen LogP contribution is -2.23. The number of aliphatic imine (C=N–C) groups is 1. The molecule has 0 unspecified atom stereocenters. The summed E-state index contributed by atoms with van der Waals surface area (Å²) < 4.78 is 10.4. The minimum atomic E-state index is -0.292. The average molecular weight is 347 g/mol. The number of cyclic esters (lactones) is 1. The Labute approximate surface area is 150 Å². The molecule has 0 radical (unpaired) electrons. The van der Waals surface area contributed by atoms with Crippen LogP contribution >= 0.6 is 0 Å². The maximum absolute atomic E-state index is 11.9. The van der Waals surface area contributed by atoms with E-state index >= 15 is 0 Å². The van der Waals surface area contributed by atoms with Gasteiger partial charge in [0, 0.05) is 22.2 Å². The molecule has 1 saturated heterocycles. The number of ether oxygens (including phenoxy) is 2. The van der Waals surface area contributed by atoms with Crippen molar-refractivity contribution in [1.82, 2.24) is 4.98 Å². The predicted octanol–water partition coefficient (Wildman–Crippen LogP) is 3.48. The van der Waals surface area contributed by atoms with E-state index in [0.717, 1.165) is 44.9 Å². The highest BCUT2D eigenvalue weighted by molar-refractivity contribution is 6.16. The Morgan fingerprint density at radius 1 is 1.19 bits per heavy atom. The lowest BCUT2D eigenvalue weighted by atomic mass is 10.0. The number of methoxy groups -OCH3 is 1. The van der Waals surface area contributed by atoms with Crippen LogP contribution in [0.15, 0.2) is 47.5 Å². The average Bonchev–Trinajstić information content (AvgIpc) is 3.37. The van der Waals surface area contributed by atoms with Gasteiger partial charge in [0.1, 0.15) is 12.4 Å². The number of aromatic nitrogens is 1. The summed E-state index contributed by atoms with van der Waals surface area (Å²) in [6, 6.07) is 14.1. The third kappa shape index (κ3) is 2.26. The van der Waals surface area contributed by atoms with E-state index in [-0.39, 0.29) is 6.09 Å². The highest BCUT2D eigenvalue weighted by Crippen LogP contribution is 2.30. The molecule has 2 aromatic carbocycles. The fourth-order valence-corrected chi connectivity index (χ4v) is 3.56. The zero-order valence-electron chi connectivity index (χ0n) is 14.3. The largest absolute Gasteiger partial charge is 0.497 e. The summed E-state index contributed by atoms with van der Waals surface area (Å²) in [4.78, 5) is 21.7. The molecule has 1 fully saturated rings. The summed E-state index contributed by atoms with van der Waals surface area (Å²) in [6.45, 7) is 1.66. The molecule has 6 nitrogen and oxygen atoms in total. The fraction of sp³-hybridized carbons (Fsp3) is 0.200. The first-order valence-electron chi connectivity index (χ1n) is 8.52. The summed E-state index contributed by atoms with van der Waals surface area (Å²) in [7, 11) is 1.66.